The van der Waals surface area contributed by atoms with Crippen molar-refractivity contribution in [2.45, 2.75) is 32.2 Å². The number of carbonyl (C=O) groups is 1. The van der Waals surface area contributed by atoms with Gasteiger partial charge in [0.05, 0.1) is 49.0 Å². The van der Waals surface area contributed by atoms with Crippen LogP contribution in [0.1, 0.15) is 22.9 Å². The van der Waals surface area contributed by atoms with Crippen molar-refractivity contribution in [2.75, 3.05) is 38.7 Å². The topological polar surface area (TPSA) is 98.5 Å². The summed E-state index contributed by atoms with van der Waals surface area (Å²) in [6.45, 7) is 5.02. The Bertz CT molecular complexity index is 1540. The Kier molecular flexibility index (Phi) is 7.52. The number of nitrogens with zero attached hydrogens (tertiary/aromatic N) is 5. The molecule has 0 spiro atoms. The third-order valence-electron chi connectivity index (χ3n) is 7.61. The van der Waals surface area contributed by atoms with Gasteiger partial charge in [-0.2, -0.15) is 5.10 Å². The van der Waals surface area contributed by atoms with Crippen molar-refractivity contribution in [2.24, 2.45) is 0 Å². The van der Waals surface area contributed by atoms with Crippen molar-refractivity contribution in [3.05, 3.63) is 83.4 Å². The molecule has 1 aromatic carbocycles. The fraction of sp³-hybridized carbons (Fsp3) is 0.345. The van der Waals surface area contributed by atoms with E-state index in [-0.39, 0.29) is 6.04 Å². The number of aromatic nitrogens is 4. The Hall–Kier alpha value is -4.13. The van der Waals surface area contributed by atoms with E-state index < -0.39 is 23.7 Å². The maximum atomic E-state index is 13.9. The van der Waals surface area contributed by atoms with E-state index in [1.807, 2.05) is 43.3 Å². The van der Waals surface area contributed by atoms with E-state index in [1.165, 1.54) is 4.57 Å². The maximum Gasteiger partial charge on any atom is 0.320 e. The molecule has 1 saturated heterocycles. The van der Waals surface area contributed by atoms with Crippen molar-refractivity contribution in [3.63, 3.8) is 0 Å². The molecule has 0 radical (unpaired) electrons. The van der Waals surface area contributed by atoms with Crippen LogP contribution in [0.2, 0.25) is 0 Å². The molecule has 3 aromatic heterocycles. The number of ether oxygens (including phenoxy) is 2. The van der Waals surface area contributed by atoms with Crippen LogP contribution < -0.4 is 10.6 Å². The van der Waals surface area contributed by atoms with Crippen LogP contribution in [-0.4, -0.2) is 69.7 Å². The number of para-hydroxylation sites is 1. The lowest BCUT2D eigenvalue weighted by atomic mass is 10.1. The van der Waals surface area contributed by atoms with Gasteiger partial charge in [0.2, 0.25) is 0 Å². The average Bonchev–Trinajstić information content (AvgIpc) is 3.75. The number of likely N-dealkylation sites (tertiary alicyclic amines) is 1. The highest BCUT2D eigenvalue weighted by Crippen LogP contribution is 2.32. The SMILES string of the molecule is COCCN1CC(NC(=O)Nc2c(C)c(-c3cnc4c(c3)COC4)nn2-c2ccccc2)C(n2cc(F)c(F)c2)C1. The summed E-state index contributed by atoms with van der Waals surface area (Å²) in [5.74, 6) is -1.35. The lowest BCUT2D eigenvalue weighted by Crippen LogP contribution is -2.43. The highest BCUT2D eigenvalue weighted by Gasteiger charge is 2.35. The van der Waals surface area contributed by atoms with Gasteiger partial charge in [0.1, 0.15) is 5.82 Å². The number of benzene rings is 1. The molecular formula is C29H31F2N7O3. The number of fused-ring (bicyclic) bond motifs is 1. The number of rotatable bonds is 8. The number of nitrogens with one attached hydrogen (secondary N) is 2. The van der Waals surface area contributed by atoms with Crippen molar-refractivity contribution in [1.29, 1.82) is 0 Å². The molecule has 5 heterocycles. The molecule has 10 nitrogen and oxygen atoms in total. The molecule has 2 amide bonds. The molecule has 41 heavy (non-hydrogen) atoms. The minimum Gasteiger partial charge on any atom is -0.383 e. The number of pyridine rings is 1. The molecule has 0 bridgehead atoms. The minimum atomic E-state index is -0.925. The van der Waals surface area contributed by atoms with Crippen LogP contribution >= 0.6 is 0 Å². The highest BCUT2D eigenvalue weighted by molar-refractivity contribution is 5.91. The Morgan fingerprint density at radius 2 is 1.93 bits per heavy atom. The molecule has 1 fully saturated rings. The monoisotopic (exact) mass is 563 g/mol. The van der Waals surface area contributed by atoms with E-state index in [0.29, 0.717) is 51.0 Å². The zero-order chi connectivity index (χ0) is 28.5. The van der Waals surface area contributed by atoms with E-state index in [9.17, 15) is 13.6 Å². The largest absolute Gasteiger partial charge is 0.383 e. The van der Waals surface area contributed by atoms with Crippen LogP contribution in [0, 0.1) is 18.6 Å². The van der Waals surface area contributed by atoms with Crippen molar-refractivity contribution >= 4 is 11.8 Å². The fourth-order valence-electron chi connectivity index (χ4n) is 5.49. The van der Waals surface area contributed by atoms with Crippen LogP contribution in [0.5, 0.6) is 0 Å². The predicted molar refractivity (Wildman–Crippen MR) is 148 cm³/mol. The summed E-state index contributed by atoms with van der Waals surface area (Å²) in [5, 5.41) is 10.9. The molecule has 2 aliphatic heterocycles. The highest BCUT2D eigenvalue weighted by atomic mass is 19.2. The maximum absolute atomic E-state index is 13.9. The van der Waals surface area contributed by atoms with E-state index in [1.54, 1.807) is 18.0 Å². The molecular weight excluding hydrogens is 532 g/mol. The first kappa shape index (κ1) is 27.1. The molecule has 0 aliphatic carbocycles. The number of amides is 2. The van der Waals surface area contributed by atoms with Crippen LogP contribution in [0.25, 0.3) is 16.9 Å². The van der Waals surface area contributed by atoms with Crippen LogP contribution in [0.3, 0.4) is 0 Å². The summed E-state index contributed by atoms with van der Waals surface area (Å²) >= 11 is 0. The average molecular weight is 564 g/mol. The van der Waals surface area contributed by atoms with Crippen LogP contribution in [-0.2, 0) is 22.7 Å². The Balaban J connectivity index is 1.28. The summed E-state index contributed by atoms with van der Waals surface area (Å²) in [6, 6.07) is 10.3. The number of hydrogen-bond donors (Lipinski definition) is 2. The first-order valence-corrected chi connectivity index (χ1v) is 13.4. The Morgan fingerprint density at radius 3 is 2.68 bits per heavy atom. The van der Waals surface area contributed by atoms with E-state index in [4.69, 9.17) is 14.6 Å². The number of halogens is 2. The third kappa shape index (κ3) is 5.45. The molecule has 6 rings (SSSR count). The normalized spacial score (nSPS) is 18.5. The van der Waals surface area contributed by atoms with E-state index in [2.05, 4.69) is 20.5 Å². The second-order valence-corrected chi connectivity index (χ2v) is 10.3. The lowest BCUT2D eigenvalue weighted by molar-refractivity contribution is 0.133. The zero-order valence-electron chi connectivity index (χ0n) is 22.8. The number of carbonyl (C=O) groups excluding carboxylic acids is 1. The van der Waals surface area contributed by atoms with E-state index >= 15 is 0 Å². The van der Waals surface area contributed by atoms with Gasteiger partial charge >= 0.3 is 6.03 Å². The smallest absolute Gasteiger partial charge is 0.320 e. The van der Waals surface area contributed by atoms with Crippen molar-refractivity contribution in [1.82, 2.24) is 29.5 Å². The van der Waals surface area contributed by atoms with Gasteiger partial charge in [0.25, 0.3) is 0 Å². The molecule has 2 unspecified atom stereocenters. The van der Waals surface area contributed by atoms with Gasteiger partial charge in [-0.15, -0.1) is 0 Å². The summed E-state index contributed by atoms with van der Waals surface area (Å²) in [4.78, 5) is 20.1. The standard InChI is InChI=1S/C29H31F2N7O3/c1-18-27(19-10-20-16-41-17-25(20)32-11-19)35-38(21-6-4-3-5-7-21)28(18)34-29(39)33-24-14-36(8-9-40-2)15-26(24)37-12-22(30)23(31)13-37/h3-7,10-13,24,26H,8-9,14-17H2,1-2H3,(H2,33,34,39). The second-order valence-electron chi connectivity index (χ2n) is 10.3. The van der Waals surface area contributed by atoms with Gasteiger partial charge < -0.3 is 19.4 Å². The zero-order valence-corrected chi connectivity index (χ0v) is 22.8. The Labute approximate surface area is 235 Å². The lowest BCUT2D eigenvalue weighted by Gasteiger charge is -2.22. The molecule has 214 valence electrons. The summed E-state index contributed by atoms with van der Waals surface area (Å²) in [6.07, 6.45) is 4.03. The van der Waals surface area contributed by atoms with E-state index in [0.717, 1.165) is 40.5 Å². The first-order chi connectivity index (χ1) is 19.9. The number of anilines is 1. The van der Waals surface area contributed by atoms with Crippen molar-refractivity contribution in [3.8, 4) is 16.9 Å². The van der Waals surface area contributed by atoms with Gasteiger partial charge in [-0.05, 0) is 25.1 Å². The summed E-state index contributed by atoms with van der Waals surface area (Å²) < 4.78 is 41.7. The van der Waals surface area contributed by atoms with Crippen LogP contribution in [0.15, 0.2) is 55.0 Å². The fourth-order valence-corrected chi connectivity index (χ4v) is 5.49. The third-order valence-corrected chi connectivity index (χ3v) is 7.61. The van der Waals surface area contributed by atoms with Gasteiger partial charge in [0, 0.05) is 62.0 Å². The number of hydrogen-bond acceptors (Lipinski definition) is 6. The number of methoxy groups -OCH3 is 1. The molecule has 4 aromatic rings. The van der Waals surface area contributed by atoms with Gasteiger partial charge in [-0.3, -0.25) is 15.2 Å². The Morgan fingerprint density at radius 1 is 1.15 bits per heavy atom. The van der Waals surface area contributed by atoms with Gasteiger partial charge in [-0.1, -0.05) is 18.2 Å². The molecule has 12 heteroatoms. The second kappa shape index (κ2) is 11.4. The quantitative estimate of drug-likeness (QED) is 0.336. The van der Waals surface area contributed by atoms with Crippen LogP contribution in [0.4, 0.5) is 19.4 Å². The van der Waals surface area contributed by atoms with Crippen molar-refractivity contribution < 1.29 is 23.0 Å². The molecule has 2 atom stereocenters. The molecule has 2 N–H and O–H groups in total. The van der Waals surface area contributed by atoms with Gasteiger partial charge in [0.15, 0.2) is 11.6 Å². The molecule has 0 saturated carbocycles. The summed E-state index contributed by atoms with van der Waals surface area (Å²) in [7, 11) is 1.62. The minimum absolute atomic E-state index is 0.369. The summed E-state index contributed by atoms with van der Waals surface area (Å²) in [5.41, 5.74) is 4.99. The number of urea groups is 1. The first-order valence-electron chi connectivity index (χ1n) is 13.4. The van der Waals surface area contributed by atoms with Gasteiger partial charge in [-0.25, -0.2) is 18.3 Å². The molecule has 2 aliphatic rings. The predicted octanol–water partition coefficient (Wildman–Crippen LogP) is 4.05.